The van der Waals surface area contributed by atoms with Crippen molar-refractivity contribution in [2.45, 2.75) is 15.0 Å². The molecule has 0 saturated carbocycles. The first-order valence-electron chi connectivity index (χ1n) is 15.0. The molecule has 1 atom stereocenters. The van der Waals surface area contributed by atoms with Crippen LogP contribution < -0.4 is 25.8 Å². The van der Waals surface area contributed by atoms with Gasteiger partial charge in [0.05, 0.1) is 12.0 Å². The van der Waals surface area contributed by atoms with Crippen LogP contribution in [0.2, 0.25) is 0 Å². The van der Waals surface area contributed by atoms with Crippen LogP contribution in [0.15, 0.2) is 143 Å². The van der Waals surface area contributed by atoms with E-state index in [4.69, 9.17) is 9.88 Å². The zero-order valence-corrected chi connectivity index (χ0v) is 28.2. The molecular formula is C37H32N4O7S2. The Morgan fingerprint density at radius 2 is 1.48 bits per heavy atom. The van der Waals surface area contributed by atoms with Gasteiger partial charge in [0.15, 0.2) is 0 Å². The van der Waals surface area contributed by atoms with E-state index in [1.54, 1.807) is 60.7 Å². The van der Waals surface area contributed by atoms with Crippen molar-refractivity contribution in [1.82, 2.24) is 5.32 Å². The van der Waals surface area contributed by atoms with Gasteiger partial charge in [0, 0.05) is 33.5 Å². The van der Waals surface area contributed by atoms with Gasteiger partial charge in [-0.3, -0.25) is 14.4 Å². The monoisotopic (exact) mass is 708 g/mol. The van der Waals surface area contributed by atoms with Gasteiger partial charge in [-0.2, -0.15) is 0 Å². The summed E-state index contributed by atoms with van der Waals surface area (Å²) in [5.74, 6) is -1.25. The number of hydrogen-bond acceptors (Lipinski definition) is 8. The molecule has 0 radical (unpaired) electrons. The minimum Gasteiger partial charge on any atom is -0.508 e. The Bertz CT molecular complexity index is 2140. The average molecular weight is 709 g/mol. The van der Waals surface area contributed by atoms with Gasteiger partial charge in [0.2, 0.25) is 15.9 Å². The highest BCUT2D eigenvalue weighted by Gasteiger charge is 2.23. The number of anilines is 2. The number of thioether (sulfide) groups is 1. The van der Waals surface area contributed by atoms with E-state index < -0.39 is 27.1 Å². The number of primary sulfonamides is 1. The second-order valence-corrected chi connectivity index (χ2v) is 13.5. The molecule has 5 aromatic rings. The molecule has 1 unspecified atom stereocenters. The fourth-order valence-corrected chi connectivity index (χ4v) is 6.33. The first kappa shape index (κ1) is 35.4. The van der Waals surface area contributed by atoms with Crippen molar-refractivity contribution < 1.29 is 32.6 Å². The lowest BCUT2D eigenvalue weighted by Crippen LogP contribution is -2.30. The number of nitrogens with two attached hydrogens (primary N) is 1. The average Bonchev–Trinajstić information content (AvgIpc) is 3.11. The summed E-state index contributed by atoms with van der Waals surface area (Å²) in [5.41, 5.74) is 2.17. The van der Waals surface area contributed by atoms with Crippen molar-refractivity contribution in [3.05, 3.63) is 150 Å². The molecule has 0 aliphatic carbocycles. The van der Waals surface area contributed by atoms with E-state index >= 15 is 0 Å². The predicted octanol–water partition coefficient (Wildman–Crippen LogP) is 5.93. The fraction of sp³-hybridized carbons (Fsp3) is 0.0541. The van der Waals surface area contributed by atoms with E-state index in [9.17, 15) is 27.9 Å². The Hall–Kier alpha value is -5.89. The molecule has 0 bridgehead atoms. The highest BCUT2D eigenvalue weighted by molar-refractivity contribution is 8.00. The number of carbonyl (C=O) groups excluding carboxylic acids is 3. The SMILES string of the molecule is COc1cc(O)ccc1/C=C(/NC(=O)c1ccccc1)C(=O)Nc1cccc(SC(C(=O)Nc2ccc(S(N)(=O)=O)cc2)c2ccccc2)c1. The number of sulfonamides is 1. The summed E-state index contributed by atoms with van der Waals surface area (Å²) in [6.07, 6.45) is 1.44. The Balaban J connectivity index is 1.39. The standard InChI is InChI=1S/C37H32N4O7S2/c1-48-33-23-29(42)18-15-26(33)21-32(41-35(43)25-11-6-3-7-12-25)36(44)40-28-13-8-14-30(22-28)49-34(24-9-4-2-5-10-24)37(45)39-27-16-19-31(20-17-27)50(38,46)47/h2-23,34,42H,1H3,(H,39,45)(H,40,44)(H,41,43)(H2,38,46,47)/b32-21+. The van der Waals surface area contributed by atoms with Gasteiger partial charge < -0.3 is 25.8 Å². The van der Waals surface area contributed by atoms with E-state index in [0.29, 0.717) is 33.0 Å². The van der Waals surface area contributed by atoms with E-state index in [0.717, 1.165) is 0 Å². The summed E-state index contributed by atoms with van der Waals surface area (Å²) < 4.78 is 28.7. The summed E-state index contributed by atoms with van der Waals surface area (Å²) in [6.45, 7) is 0. The van der Waals surface area contributed by atoms with Crippen LogP contribution in [0.1, 0.15) is 26.7 Å². The lowest BCUT2D eigenvalue weighted by atomic mass is 10.1. The molecule has 6 N–H and O–H groups in total. The van der Waals surface area contributed by atoms with Gasteiger partial charge in [-0.25, -0.2) is 13.6 Å². The van der Waals surface area contributed by atoms with Crippen LogP contribution in [-0.4, -0.2) is 38.4 Å². The fourth-order valence-electron chi connectivity index (χ4n) is 4.74. The molecule has 0 spiro atoms. The second kappa shape index (κ2) is 16.0. The number of phenolic OH excluding ortho intramolecular Hbond substituents is 1. The lowest BCUT2D eigenvalue weighted by molar-refractivity contribution is -0.116. The van der Waals surface area contributed by atoms with E-state index in [1.165, 1.54) is 61.3 Å². The largest absolute Gasteiger partial charge is 0.508 e. The molecule has 0 aliphatic heterocycles. The van der Waals surface area contributed by atoms with Gasteiger partial charge in [-0.05, 0) is 78.4 Å². The summed E-state index contributed by atoms with van der Waals surface area (Å²) in [4.78, 5) is 41.0. The molecule has 0 saturated heterocycles. The van der Waals surface area contributed by atoms with E-state index in [-0.39, 0.29) is 28.0 Å². The van der Waals surface area contributed by atoms with Crippen LogP contribution in [0.3, 0.4) is 0 Å². The molecule has 5 rings (SSSR count). The highest BCUT2D eigenvalue weighted by atomic mass is 32.2. The Morgan fingerprint density at radius 1 is 0.800 bits per heavy atom. The summed E-state index contributed by atoms with van der Waals surface area (Å²) in [6, 6.07) is 34.3. The van der Waals surface area contributed by atoms with Crippen molar-refractivity contribution in [3.8, 4) is 11.5 Å². The number of methoxy groups -OCH3 is 1. The van der Waals surface area contributed by atoms with Gasteiger partial charge >= 0.3 is 0 Å². The third-order valence-electron chi connectivity index (χ3n) is 7.18. The molecule has 5 aromatic carbocycles. The van der Waals surface area contributed by atoms with Gasteiger partial charge in [0.1, 0.15) is 22.4 Å². The maximum absolute atomic E-state index is 13.7. The number of benzene rings is 5. The number of carbonyl (C=O) groups is 3. The minimum absolute atomic E-state index is 0.0323. The summed E-state index contributed by atoms with van der Waals surface area (Å²) in [7, 11) is -2.47. The quantitative estimate of drug-likeness (QED) is 0.0783. The van der Waals surface area contributed by atoms with Crippen molar-refractivity contribution in [2.75, 3.05) is 17.7 Å². The minimum atomic E-state index is -3.89. The maximum atomic E-state index is 13.7. The topological polar surface area (TPSA) is 177 Å². The van der Waals surface area contributed by atoms with Crippen LogP contribution in [0.5, 0.6) is 11.5 Å². The smallest absolute Gasteiger partial charge is 0.272 e. The molecular weight excluding hydrogens is 677 g/mol. The van der Waals surface area contributed by atoms with Crippen molar-refractivity contribution in [1.29, 1.82) is 0 Å². The molecule has 0 heterocycles. The summed E-state index contributed by atoms with van der Waals surface area (Å²) in [5, 5.41) is 22.7. The predicted molar refractivity (Wildman–Crippen MR) is 193 cm³/mol. The zero-order valence-electron chi connectivity index (χ0n) is 26.6. The molecule has 0 fully saturated rings. The highest BCUT2D eigenvalue weighted by Crippen LogP contribution is 2.37. The van der Waals surface area contributed by atoms with Crippen LogP contribution in [0, 0.1) is 0 Å². The normalized spacial score (nSPS) is 12.0. The van der Waals surface area contributed by atoms with E-state index in [1.807, 2.05) is 30.3 Å². The summed E-state index contributed by atoms with van der Waals surface area (Å²) >= 11 is 1.24. The van der Waals surface area contributed by atoms with Crippen LogP contribution in [0.4, 0.5) is 11.4 Å². The second-order valence-electron chi connectivity index (χ2n) is 10.8. The van der Waals surface area contributed by atoms with Crippen LogP contribution in [0.25, 0.3) is 6.08 Å². The van der Waals surface area contributed by atoms with Crippen molar-refractivity contribution >= 4 is 57.0 Å². The van der Waals surface area contributed by atoms with Gasteiger partial charge in [0.25, 0.3) is 11.8 Å². The van der Waals surface area contributed by atoms with E-state index in [2.05, 4.69) is 16.0 Å². The molecule has 13 heteroatoms. The molecule has 254 valence electrons. The Morgan fingerprint density at radius 3 is 2.14 bits per heavy atom. The third-order valence-corrected chi connectivity index (χ3v) is 9.36. The van der Waals surface area contributed by atoms with Crippen molar-refractivity contribution in [3.63, 3.8) is 0 Å². The van der Waals surface area contributed by atoms with Gasteiger partial charge in [-0.15, -0.1) is 11.8 Å². The number of aromatic hydroxyl groups is 1. The number of ether oxygens (including phenoxy) is 1. The number of amides is 3. The first-order chi connectivity index (χ1) is 24.0. The zero-order chi connectivity index (χ0) is 35.7. The molecule has 3 amide bonds. The third kappa shape index (κ3) is 9.38. The number of hydrogen-bond donors (Lipinski definition) is 5. The maximum Gasteiger partial charge on any atom is 0.272 e. The number of phenols is 1. The Labute approximate surface area is 293 Å². The van der Waals surface area contributed by atoms with Crippen molar-refractivity contribution in [2.24, 2.45) is 5.14 Å². The number of nitrogens with one attached hydrogen (secondary N) is 3. The Kier molecular flexibility index (Phi) is 11.3. The van der Waals surface area contributed by atoms with Crippen LogP contribution in [-0.2, 0) is 19.6 Å². The molecule has 0 aliphatic rings. The first-order valence-corrected chi connectivity index (χ1v) is 17.4. The molecule has 11 nitrogen and oxygen atoms in total. The van der Waals surface area contributed by atoms with Gasteiger partial charge in [-0.1, -0.05) is 54.6 Å². The number of rotatable bonds is 12. The molecule has 0 aromatic heterocycles. The molecule has 50 heavy (non-hydrogen) atoms. The lowest BCUT2D eigenvalue weighted by Gasteiger charge is -2.18. The van der Waals surface area contributed by atoms with Crippen LogP contribution >= 0.6 is 11.8 Å².